The third-order valence-corrected chi connectivity index (χ3v) is 6.72. The number of anilines is 1. The van der Waals surface area contributed by atoms with Gasteiger partial charge < -0.3 is 14.8 Å². The molecule has 2 aromatic carbocycles. The molecule has 1 N–H and O–H groups in total. The number of carbonyl (C=O) groups excluding carboxylic acids is 1. The first kappa shape index (κ1) is 23.9. The van der Waals surface area contributed by atoms with Crippen LogP contribution in [0.1, 0.15) is 49.4 Å². The van der Waals surface area contributed by atoms with Crippen molar-refractivity contribution in [2.75, 3.05) is 18.2 Å². The first-order valence-corrected chi connectivity index (χ1v) is 12.4. The molecule has 0 saturated carbocycles. The Morgan fingerprint density at radius 3 is 2.76 bits per heavy atom. The molecule has 0 spiro atoms. The van der Waals surface area contributed by atoms with Crippen LogP contribution in [0.4, 0.5) is 5.95 Å². The standard InChI is InChI=1S/C26H30N4O3S/c1-5-6-14-34-26-28-25-27-18(3)22(24(31)32-4)23(30(25)29-26)19-12-9-13-21(15-19)33-16-20-11-8-7-10-17(20)2/h7-13,15,23H,5-6,14,16H2,1-4H3,(H,27,28,29). The third-order valence-electron chi connectivity index (χ3n) is 5.80. The van der Waals surface area contributed by atoms with Crippen LogP contribution in [-0.2, 0) is 16.1 Å². The van der Waals surface area contributed by atoms with Crippen molar-refractivity contribution in [2.45, 2.75) is 51.4 Å². The molecule has 3 aromatic rings. The second-order valence-corrected chi connectivity index (χ2v) is 9.27. The highest BCUT2D eigenvalue weighted by Crippen LogP contribution is 2.37. The first-order chi connectivity index (χ1) is 16.5. The predicted molar refractivity (Wildman–Crippen MR) is 134 cm³/mol. The van der Waals surface area contributed by atoms with E-state index in [-0.39, 0.29) is 0 Å². The number of rotatable bonds is 9. The van der Waals surface area contributed by atoms with E-state index in [2.05, 4.69) is 36.3 Å². The number of nitrogens with zero attached hydrogens (tertiary/aromatic N) is 3. The maximum atomic E-state index is 12.8. The van der Waals surface area contributed by atoms with Gasteiger partial charge in [-0.1, -0.05) is 61.5 Å². The minimum Gasteiger partial charge on any atom is -0.489 e. The fourth-order valence-electron chi connectivity index (χ4n) is 3.89. The quantitative estimate of drug-likeness (QED) is 0.246. The Morgan fingerprint density at radius 1 is 1.18 bits per heavy atom. The number of aromatic nitrogens is 3. The summed E-state index contributed by atoms with van der Waals surface area (Å²) in [5.41, 5.74) is 4.39. The monoisotopic (exact) mass is 478 g/mol. The number of ether oxygens (including phenoxy) is 2. The van der Waals surface area contributed by atoms with E-state index >= 15 is 0 Å². The molecular formula is C26H30N4O3S. The predicted octanol–water partition coefficient (Wildman–Crippen LogP) is 5.52. The average molecular weight is 479 g/mol. The molecule has 1 aliphatic rings. The average Bonchev–Trinajstić information content (AvgIpc) is 3.24. The van der Waals surface area contributed by atoms with Crippen molar-refractivity contribution in [3.05, 3.63) is 76.5 Å². The fourth-order valence-corrected chi connectivity index (χ4v) is 4.80. The van der Waals surface area contributed by atoms with Crippen LogP contribution < -0.4 is 10.1 Å². The van der Waals surface area contributed by atoms with Crippen molar-refractivity contribution in [1.82, 2.24) is 14.8 Å². The largest absolute Gasteiger partial charge is 0.489 e. The summed E-state index contributed by atoms with van der Waals surface area (Å²) in [5, 5.41) is 8.65. The van der Waals surface area contributed by atoms with E-state index in [1.54, 1.807) is 16.4 Å². The molecule has 34 heavy (non-hydrogen) atoms. The topological polar surface area (TPSA) is 78.3 Å². The van der Waals surface area contributed by atoms with Crippen LogP contribution in [0, 0.1) is 6.92 Å². The summed E-state index contributed by atoms with van der Waals surface area (Å²) in [6.45, 7) is 6.56. The van der Waals surface area contributed by atoms with Crippen molar-refractivity contribution in [3.63, 3.8) is 0 Å². The number of carbonyl (C=O) groups is 1. The highest BCUT2D eigenvalue weighted by atomic mass is 32.2. The van der Waals surface area contributed by atoms with Crippen molar-refractivity contribution in [3.8, 4) is 5.75 Å². The van der Waals surface area contributed by atoms with Crippen molar-refractivity contribution in [2.24, 2.45) is 0 Å². The molecule has 0 aliphatic carbocycles. The maximum Gasteiger partial charge on any atom is 0.338 e. The number of unbranched alkanes of at least 4 members (excludes halogenated alkanes) is 1. The molecule has 7 nitrogen and oxygen atoms in total. The lowest BCUT2D eigenvalue weighted by molar-refractivity contribution is -0.136. The lowest BCUT2D eigenvalue weighted by atomic mass is 9.95. The number of allylic oxidation sites excluding steroid dienone is 1. The Hall–Kier alpha value is -3.26. The van der Waals surface area contributed by atoms with Gasteiger partial charge in [0, 0.05) is 11.4 Å². The van der Waals surface area contributed by atoms with Gasteiger partial charge in [-0.3, -0.25) is 0 Å². The molecule has 1 atom stereocenters. The second-order valence-electron chi connectivity index (χ2n) is 8.21. The van der Waals surface area contributed by atoms with Gasteiger partial charge in [-0.25, -0.2) is 9.48 Å². The zero-order valence-corrected chi connectivity index (χ0v) is 20.8. The molecule has 2 heterocycles. The number of nitrogens with one attached hydrogen (secondary N) is 1. The molecule has 0 saturated heterocycles. The van der Waals surface area contributed by atoms with Crippen LogP contribution in [0.2, 0.25) is 0 Å². The number of fused-ring (bicyclic) bond motifs is 1. The molecule has 1 unspecified atom stereocenters. The van der Waals surface area contributed by atoms with Crippen LogP contribution in [0.3, 0.4) is 0 Å². The number of hydrogen-bond acceptors (Lipinski definition) is 7. The summed E-state index contributed by atoms with van der Waals surface area (Å²) >= 11 is 1.62. The lowest BCUT2D eigenvalue weighted by Gasteiger charge is -2.28. The van der Waals surface area contributed by atoms with E-state index in [1.807, 2.05) is 43.3 Å². The number of esters is 1. The highest BCUT2D eigenvalue weighted by molar-refractivity contribution is 7.99. The maximum absolute atomic E-state index is 12.8. The molecule has 0 radical (unpaired) electrons. The number of aryl methyl sites for hydroxylation is 1. The highest BCUT2D eigenvalue weighted by Gasteiger charge is 2.35. The zero-order chi connectivity index (χ0) is 24.1. The first-order valence-electron chi connectivity index (χ1n) is 11.4. The Bertz CT molecular complexity index is 1200. The second kappa shape index (κ2) is 10.8. The smallest absolute Gasteiger partial charge is 0.338 e. The lowest BCUT2D eigenvalue weighted by Crippen LogP contribution is -2.29. The van der Waals surface area contributed by atoms with Crippen LogP contribution >= 0.6 is 11.8 Å². The van der Waals surface area contributed by atoms with Crippen molar-refractivity contribution < 1.29 is 14.3 Å². The van der Waals surface area contributed by atoms with Gasteiger partial charge in [0.25, 0.3) is 0 Å². The van der Waals surface area contributed by atoms with Crippen LogP contribution in [-0.4, -0.2) is 33.6 Å². The van der Waals surface area contributed by atoms with Gasteiger partial charge in [-0.2, -0.15) is 4.98 Å². The molecule has 0 bridgehead atoms. The van der Waals surface area contributed by atoms with E-state index in [4.69, 9.17) is 14.6 Å². The molecule has 0 fully saturated rings. The molecule has 178 valence electrons. The number of hydrogen-bond donors (Lipinski definition) is 1. The van der Waals surface area contributed by atoms with E-state index in [1.165, 1.54) is 12.7 Å². The van der Waals surface area contributed by atoms with Gasteiger partial charge in [0.1, 0.15) is 18.4 Å². The fraction of sp³-hybridized carbons (Fsp3) is 0.346. The van der Waals surface area contributed by atoms with Crippen LogP contribution in [0.5, 0.6) is 5.75 Å². The van der Waals surface area contributed by atoms with Gasteiger partial charge in [-0.05, 0) is 49.1 Å². The summed E-state index contributed by atoms with van der Waals surface area (Å²) < 4.78 is 13.0. The molecule has 4 rings (SSSR count). The van der Waals surface area contributed by atoms with Gasteiger partial charge in [0.05, 0.1) is 12.7 Å². The Labute approximate surface area is 204 Å². The van der Waals surface area contributed by atoms with Crippen molar-refractivity contribution >= 4 is 23.7 Å². The third kappa shape index (κ3) is 5.12. The molecule has 8 heteroatoms. The van der Waals surface area contributed by atoms with Gasteiger partial charge in [0.2, 0.25) is 11.1 Å². The van der Waals surface area contributed by atoms with Crippen LogP contribution in [0.25, 0.3) is 0 Å². The Morgan fingerprint density at radius 2 is 2.00 bits per heavy atom. The molecule has 1 aromatic heterocycles. The van der Waals surface area contributed by atoms with E-state index in [0.717, 1.165) is 35.5 Å². The molecule has 1 aliphatic heterocycles. The number of benzene rings is 2. The molecule has 0 amide bonds. The van der Waals surface area contributed by atoms with E-state index in [0.29, 0.717) is 29.0 Å². The Balaban J connectivity index is 1.67. The van der Waals surface area contributed by atoms with E-state index in [9.17, 15) is 4.79 Å². The van der Waals surface area contributed by atoms with Crippen LogP contribution in [0.15, 0.2) is 65.0 Å². The Kier molecular flexibility index (Phi) is 7.57. The SMILES string of the molecule is CCCCSc1nc2n(n1)C(c1cccc(OCc3ccccc3C)c1)C(C(=O)OC)=C(C)N2. The molecular weight excluding hydrogens is 448 g/mol. The summed E-state index contributed by atoms with van der Waals surface area (Å²) in [4.78, 5) is 17.5. The summed E-state index contributed by atoms with van der Waals surface area (Å²) in [6.07, 6.45) is 2.21. The summed E-state index contributed by atoms with van der Waals surface area (Å²) in [6, 6.07) is 15.5. The van der Waals surface area contributed by atoms with Gasteiger partial charge in [0.15, 0.2) is 0 Å². The summed E-state index contributed by atoms with van der Waals surface area (Å²) in [5.74, 6) is 1.88. The van der Waals surface area contributed by atoms with Crippen molar-refractivity contribution in [1.29, 1.82) is 0 Å². The van der Waals surface area contributed by atoms with E-state index < -0.39 is 12.0 Å². The number of methoxy groups -OCH3 is 1. The van der Waals surface area contributed by atoms with Gasteiger partial charge >= 0.3 is 5.97 Å². The normalized spacial score (nSPS) is 15.0. The minimum absolute atomic E-state index is 0.400. The zero-order valence-electron chi connectivity index (χ0n) is 20.0. The minimum atomic E-state index is -0.473. The summed E-state index contributed by atoms with van der Waals surface area (Å²) in [7, 11) is 1.39. The van der Waals surface area contributed by atoms with Gasteiger partial charge in [-0.15, -0.1) is 5.10 Å². The number of thioether (sulfide) groups is 1.